The second kappa shape index (κ2) is 8.74. The number of halogens is 1. The topological polar surface area (TPSA) is 67.9 Å². The lowest BCUT2D eigenvalue weighted by Crippen LogP contribution is -2.45. The summed E-state index contributed by atoms with van der Waals surface area (Å²) < 4.78 is 11.1. The molecule has 152 valence electrons. The minimum Gasteiger partial charge on any atom is -0.486 e. The summed E-state index contributed by atoms with van der Waals surface area (Å²) in [5, 5.41) is 3.59. The first-order valence-corrected chi connectivity index (χ1v) is 10.2. The third-order valence-corrected chi connectivity index (χ3v) is 5.50. The van der Waals surface area contributed by atoms with Gasteiger partial charge in [-0.2, -0.15) is 0 Å². The fraction of sp³-hybridized carbons (Fsp3) is 0.364. The first-order valence-electron chi connectivity index (χ1n) is 9.81. The van der Waals surface area contributed by atoms with Crippen LogP contribution in [0.2, 0.25) is 5.02 Å². The van der Waals surface area contributed by atoms with Crippen LogP contribution >= 0.6 is 11.6 Å². The van der Waals surface area contributed by atoms with Gasteiger partial charge in [0.05, 0.1) is 5.92 Å². The second-order valence-electron chi connectivity index (χ2n) is 7.29. The molecule has 1 unspecified atom stereocenters. The third kappa shape index (κ3) is 4.65. The standard InChI is InChI=1S/C22H23ClN2O4/c23-18-6-4-16(5-7-18)22(27)25-9-1-2-17(14-25)21(26)24-13-15-3-8-19-20(12-15)29-11-10-28-19/h3-8,12,17H,1-2,9-11,13-14H2,(H,24,26). The van der Waals surface area contributed by atoms with Crippen molar-refractivity contribution in [1.82, 2.24) is 10.2 Å². The lowest BCUT2D eigenvalue weighted by molar-refractivity contribution is -0.126. The highest BCUT2D eigenvalue weighted by Crippen LogP contribution is 2.30. The van der Waals surface area contributed by atoms with Crippen LogP contribution in [0.1, 0.15) is 28.8 Å². The molecule has 0 aromatic heterocycles. The summed E-state index contributed by atoms with van der Waals surface area (Å²) in [6.45, 7) is 2.58. The molecule has 2 heterocycles. The van der Waals surface area contributed by atoms with Crippen LogP contribution in [0, 0.1) is 5.92 Å². The van der Waals surface area contributed by atoms with Crippen LogP contribution in [0.25, 0.3) is 0 Å². The number of ether oxygens (including phenoxy) is 2. The molecular formula is C22H23ClN2O4. The van der Waals surface area contributed by atoms with Crippen LogP contribution in [0.4, 0.5) is 0 Å². The molecule has 1 saturated heterocycles. The third-order valence-electron chi connectivity index (χ3n) is 5.24. The summed E-state index contributed by atoms with van der Waals surface area (Å²) in [7, 11) is 0. The monoisotopic (exact) mass is 414 g/mol. The first-order chi connectivity index (χ1) is 14.1. The highest BCUT2D eigenvalue weighted by molar-refractivity contribution is 6.30. The molecule has 2 aliphatic rings. The van der Waals surface area contributed by atoms with Gasteiger partial charge in [0.2, 0.25) is 5.91 Å². The van der Waals surface area contributed by atoms with E-state index in [2.05, 4.69) is 5.32 Å². The van der Waals surface area contributed by atoms with E-state index in [1.807, 2.05) is 18.2 Å². The average Bonchev–Trinajstić information content (AvgIpc) is 2.77. The van der Waals surface area contributed by atoms with Gasteiger partial charge in [0.25, 0.3) is 5.91 Å². The predicted octanol–water partition coefficient (Wildman–Crippen LogP) is 3.28. The molecular weight excluding hydrogens is 392 g/mol. The normalized spacial score (nSPS) is 18.2. The van der Waals surface area contributed by atoms with Gasteiger partial charge in [-0.3, -0.25) is 9.59 Å². The first kappa shape index (κ1) is 19.6. The SMILES string of the molecule is O=C(NCc1ccc2c(c1)OCCO2)C1CCCN(C(=O)c2ccc(Cl)cc2)C1. The van der Waals surface area contributed by atoms with Gasteiger partial charge in [-0.05, 0) is 54.8 Å². The molecule has 0 aliphatic carbocycles. The lowest BCUT2D eigenvalue weighted by Gasteiger charge is -2.32. The molecule has 0 spiro atoms. The predicted molar refractivity (Wildman–Crippen MR) is 109 cm³/mol. The van der Waals surface area contributed by atoms with Crippen molar-refractivity contribution in [3.63, 3.8) is 0 Å². The minimum atomic E-state index is -0.211. The van der Waals surface area contributed by atoms with Gasteiger partial charge in [-0.15, -0.1) is 0 Å². The van der Waals surface area contributed by atoms with E-state index < -0.39 is 0 Å². The molecule has 6 nitrogen and oxygen atoms in total. The van der Waals surface area contributed by atoms with Gasteiger partial charge < -0.3 is 19.7 Å². The molecule has 0 saturated carbocycles. The zero-order chi connectivity index (χ0) is 20.2. The number of benzene rings is 2. The van der Waals surface area contributed by atoms with Crippen LogP contribution in [0.5, 0.6) is 11.5 Å². The van der Waals surface area contributed by atoms with Crippen LogP contribution in [-0.2, 0) is 11.3 Å². The van der Waals surface area contributed by atoms with Crippen molar-refractivity contribution >= 4 is 23.4 Å². The number of likely N-dealkylation sites (tertiary alicyclic amines) is 1. The molecule has 4 rings (SSSR count). The van der Waals surface area contributed by atoms with Gasteiger partial charge in [-0.25, -0.2) is 0 Å². The van der Waals surface area contributed by atoms with E-state index in [1.54, 1.807) is 29.2 Å². The fourth-order valence-electron chi connectivity index (χ4n) is 3.68. The summed E-state index contributed by atoms with van der Waals surface area (Å²) in [5.41, 5.74) is 1.54. The van der Waals surface area contributed by atoms with Crippen molar-refractivity contribution < 1.29 is 19.1 Å². The molecule has 2 aliphatic heterocycles. The van der Waals surface area contributed by atoms with Gasteiger partial charge >= 0.3 is 0 Å². The Morgan fingerprint density at radius 3 is 2.62 bits per heavy atom. The van der Waals surface area contributed by atoms with Crippen LogP contribution in [0.3, 0.4) is 0 Å². The van der Waals surface area contributed by atoms with Crippen LogP contribution in [0.15, 0.2) is 42.5 Å². The van der Waals surface area contributed by atoms with E-state index in [0.717, 1.165) is 24.2 Å². The van der Waals surface area contributed by atoms with Crippen molar-refractivity contribution in [2.75, 3.05) is 26.3 Å². The van der Waals surface area contributed by atoms with Gasteiger partial charge in [0.15, 0.2) is 11.5 Å². The Morgan fingerprint density at radius 1 is 1.07 bits per heavy atom. The Kier molecular flexibility index (Phi) is 5.90. The molecule has 2 amide bonds. The number of rotatable bonds is 4. The maximum atomic E-state index is 12.7. The molecule has 2 aromatic rings. The van der Waals surface area contributed by atoms with E-state index in [0.29, 0.717) is 49.2 Å². The molecule has 0 radical (unpaired) electrons. The molecule has 1 atom stereocenters. The Bertz CT molecular complexity index is 900. The minimum absolute atomic E-state index is 0.0338. The summed E-state index contributed by atoms with van der Waals surface area (Å²) in [5.74, 6) is 1.13. The maximum absolute atomic E-state index is 12.7. The fourth-order valence-corrected chi connectivity index (χ4v) is 3.81. The van der Waals surface area contributed by atoms with Crippen molar-refractivity contribution in [3.05, 3.63) is 58.6 Å². The number of fused-ring (bicyclic) bond motifs is 1. The molecule has 0 bridgehead atoms. The van der Waals surface area contributed by atoms with Gasteiger partial charge in [0.1, 0.15) is 13.2 Å². The zero-order valence-corrected chi connectivity index (χ0v) is 16.8. The number of hydrogen-bond donors (Lipinski definition) is 1. The summed E-state index contributed by atoms with van der Waals surface area (Å²) in [4.78, 5) is 27.2. The molecule has 7 heteroatoms. The summed E-state index contributed by atoms with van der Waals surface area (Å²) in [6, 6.07) is 12.5. The smallest absolute Gasteiger partial charge is 0.253 e. The molecule has 29 heavy (non-hydrogen) atoms. The second-order valence-corrected chi connectivity index (χ2v) is 7.73. The Morgan fingerprint density at radius 2 is 1.83 bits per heavy atom. The number of nitrogens with zero attached hydrogens (tertiary/aromatic N) is 1. The maximum Gasteiger partial charge on any atom is 0.253 e. The van der Waals surface area contributed by atoms with Gasteiger partial charge in [0, 0.05) is 30.2 Å². The number of piperidine rings is 1. The van der Waals surface area contributed by atoms with E-state index >= 15 is 0 Å². The van der Waals surface area contributed by atoms with E-state index in [9.17, 15) is 9.59 Å². The van der Waals surface area contributed by atoms with Crippen molar-refractivity contribution in [1.29, 1.82) is 0 Å². The summed E-state index contributed by atoms with van der Waals surface area (Å²) in [6.07, 6.45) is 1.58. The molecule has 1 fully saturated rings. The number of hydrogen-bond acceptors (Lipinski definition) is 4. The zero-order valence-electron chi connectivity index (χ0n) is 16.0. The number of nitrogens with one attached hydrogen (secondary N) is 1. The molecule has 2 aromatic carbocycles. The van der Waals surface area contributed by atoms with Crippen LogP contribution < -0.4 is 14.8 Å². The number of amides is 2. The highest BCUT2D eigenvalue weighted by Gasteiger charge is 2.28. The quantitative estimate of drug-likeness (QED) is 0.833. The van der Waals surface area contributed by atoms with E-state index in [1.165, 1.54) is 0 Å². The van der Waals surface area contributed by atoms with Crippen molar-refractivity contribution in [2.24, 2.45) is 5.92 Å². The van der Waals surface area contributed by atoms with E-state index in [4.69, 9.17) is 21.1 Å². The van der Waals surface area contributed by atoms with Crippen molar-refractivity contribution in [3.8, 4) is 11.5 Å². The Labute approximate surface area is 174 Å². The van der Waals surface area contributed by atoms with Crippen molar-refractivity contribution in [2.45, 2.75) is 19.4 Å². The highest BCUT2D eigenvalue weighted by atomic mass is 35.5. The summed E-state index contributed by atoms with van der Waals surface area (Å²) >= 11 is 5.90. The van der Waals surface area contributed by atoms with Gasteiger partial charge in [-0.1, -0.05) is 17.7 Å². The Hall–Kier alpha value is -2.73. The number of carbonyl (C=O) groups is 2. The lowest BCUT2D eigenvalue weighted by atomic mass is 9.96. The number of carbonyl (C=O) groups excluding carboxylic acids is 2. The van der Waals surface area contributed by atoms with E-state index in [-0.39, 0.29) is 17.7 Å². The Balaban J connectivity index is 1.34. The van der Waals surface area contributed by atoms with Crippen LogP contribution in [-0.4, -0.2) is 43.0 Å². The largest absolute Gasteiger partial charge is 0.486 e. The average molecular weight is 415 g/mol. The molecule has 1 N–H and O–H groups in total.